The maximum atomic E-state index is 12.1. The molecule has 0 aromatic carbocycles. The van der Waals surface area contributed by atoms with Crippen LogP contribution in [-0.2, 0) is 14.3 Å². The first kappa shape index (κ1) is 23.9. The van der Waals surface area contributed by atoms with Crippen LogP contribution in [0.5, 0.6) is 5.75 Å². The lowest BCUT2D eigenvalue weighted by Gasteiger charge is -2.28. The normalized spacial score (nSPS) is 12.0. The molecule has 2 rings (SSSR count). The number of carbonyl (C=O) groups is 1. The van der Waals surface area contributed by atoms with Crippen molar-refractivity contribution in [2.75, 3.05) is 13.2 Å². The summed E-state index contributed by atoms with van der Waals surface area (Å²) < 4.78 is 22.1. The van der Waals surface area contributed by atoms with Crippen molar-refractivity contribution in [1.29, 1.82) is 0 Å². The number of pyridine rings is 1. The standard InChI is InChI=1S/C23H34N2O5/c1-22(2,3)30-21(26)23(4,5)29-14-10-8-6-7-9-13-27-18-11-12-19(25-15-18)20-16-24-17-28-20/h11-12,15-17H,6-10,13-14H2,1-5H3. The molecule has 30 heavy (non-hydrogen) atoms. The van der Waals surface area contributed by atoms with Gasteiger partial charge in [-0.25, -0.2) is 14.8 Å². The molecule has 0 aliphatic carbocycles. The first-order chi connectivity index (χ1) is 14.2. The summed E-state index contributed by atoms with van der Waals surface area (Å²) in [6, 6.07) is 3.74. The molecule has 0 bridgehead atoms. The van der Waals surface area contributed by atoms with Crippen LogP contribution in [0.15, 0.2) is 35.3 Å². The highest BCUT2D eigenvalue weighted by atomic mass is 16.6. The van der Waals surface area contributed by atoms with Gasteiger partial charge in [-0.2, -0.15) is 0 Å². The molecule has 0 N–H and O–H groups in total. The third-order valence-electron chi connectivity index (χ3n) is 4.33. The SMILES string of the molecule is CC(C)(C)OC(=O)C(C)(C)OCCCCCCCOc1ccc(-c2cnco2)nc1. The zero-order valence-electron chi connectivity index (χ0n) is 18.8. The minimum atomic E-state index is -0.918. The van der Waals surface area contributed by atoms with E-state index in [1.54, 1.807) is 26.2 Å². The first-order valence-corrected chi connectivity index (χ1v) is 10.5. The first-order valence-electron chi connectivity index (χ1n) is 10.5. The highest BCUT2D eigenvalue weighted by Crippen LogP contribution is 2.20. The lowest BCUT2D eigenvalue weighted by atomic mass is 10.1. The van der Waals surface area contributed by atoms with Gasteiger partial charge >= 0.3 is 5.97 Å². The predicted octanol–water partition coefficient (Wildman–Crippen LogP) is 5.20. The second kappa shape index (κ2) is 11.1. The fourth-order valence-corrected chi connectivity index (χ4v) is 2.67. The minimum Gasteiger partial charge on any atom is -0.492 e. The van der Waals surface area contributed by atoms with Crippen molar-refractivity contribution in [3.63, 3.8) is 0 Å². The Balaban J connectivity index is 1.51. The Morgan fingerprint density at radius 1 is 0.967 bits per heavy atom. The number of rotatable bonds is 12. The Kier molecular flexibility index (Phi) is 8.84. The summed E-state index contributed by atoms with van der Waals surface area (Å²) in [5.74, 6) is 1.06. The van der Waals surface area contributed by atoms with Gasteiger partial charge in [-0.15, -0.1) is 0 Å². The smallest absolute Gasteiger partial charge is 0.338 e. The van der Waals surface area contributed by atoms with Crippen LogP contribution in [0, 0.1) is 0 Å². The average molecular weight is 419 g/mol. The maximum absolute atomic E-state index is 12.1. The molecule has 0 radical (unpaired) electrons. The molecule has 166 valence electrons. The van der Waals surface area contributed by atoms with Crippen LogP contribution in [0.3, 0.4) is 0 Å². The van der Waals surface area contributed by atoms with Crippen LogP contribution in [0.1, 0.15) is 66.7 Å². The molecule has 2 heterocycles. The Labute approximate surface area is 179 Å². The lowest BCUT2D eigenvalue weighted by molar-refractivity contribution is -0.179. The molecule has 0 saturated heterocycles. The van der Waals surface area contributed by atoms with E-state index in [9.17, 15) is 4.79 Å². The van der Waals surface area contributed by atoms with Gasteiger partial charge < -0.3 is 18.6 Å². The molecular weight excluding hydrogens is 384 g/mol. The van der Waals surface area contributed by atoms with E-state index < -0.39 is 11.2 Å². The number of oxazole rings is 1. The van der Waals surface area contributed by atoms with E-state index in [0.29, 0.717) is 19.0 Å². The van der Waals surface area contributed by atoms with Crippen molar-refractivity contribution in [2.45, 2.75) is 77.9 Å². The maximum Gasteiger partial charge on any atom is 0.338 e. The van der Waals surface area contributed by atoms with Crippen LogP contribution in [-0.4, -0.2) is 40.4 Å². The summed E-state index contributed by atoms with van der Waals surface area (Å²) >= 11 is 0. The molecule has 2 aromatic heterocycles. The van der Waals surface area contributed by atoms with Gasteiger partial charge in [0.05, 0.1) is 19.0 Å². The second-order valence-electron chi connectivity index (χ2n) is 8.72. The summed E-state index contributed by atoms with van der Waals surface area (Å²) in [4.78, 5) is 20.3. The third kappa shape index (κ3) is 8.53. The number of aromatic nitrogens is 2. The van der Waals surface area contributed by atoms with Crippen molar-refractivity contribution in [2.24, 2.45) is 0 Å². The molecule has 0 fully saturated rings. The highest BCUT2D eigenvalue weighted by molar-refractivity contribution is 5.78. The summed E-state index contributed by atoms with van der Waals surface area (Å²) in [5.41, 5.74) is -0.690. The van der Waals surface area contributed by atoms with Gasteiger partial charge in [-0.1, -0.05) is 19.3 Å². The van der Waals surface area contributed by atoms with Crippen molar-refractivity contribution >= 4 is 5.97 Å². The van der Waals surface area contributed by atoms with Gasteiger partial charge in [-0.3, -0.25) is 0 Å². The number of hydrogen-bond acceptors (Lipinski definition) is 7. The molecule has 0 aliphatic heterocycles. The zero-order valence-corrected chi connectivity index (χ0v) is 18.8. The van der Waals surface area contributed by atoms with E-state index in [4.69, 9.17) is 18.6 Å². The number of esters is 1. The predicted molar refractivity (Wildman–Crippen MR) is 114 cm³/mol. The van der Waals surface area contributed by atoms with Gasteiger partial charge in [0.2, 0.25) is 0 Å². The van der Waals surface area contributed by atoms with Crippen LogP contribution in [0.4, 0.5) is 0 Å². The Hall–Kier alpha value is -2.41. The topological polar surface area (TPSA) is 83.7 Å². The molecular formula is C23H34N2O5. The molecule has 0 spiro atoms. The summed E-state index contributed by atoms with van der Waals surface area (Å²) in [6.45, 7) is 10.3. The monoisotopic (exact) mass is 418 g/mol. The van der Waals surface area contributed by atoms with Crippen molar-refractivity contribution in [1.82, 2.24) is 9.97 Å². The van der Waals surface area contributed by atoms with Gasteiger partial charge in [0.15, 0.2) is 17.8 Å². The van der Waals surface area contributed by atoms with Gasteiger partial charge in [0.1, 0.15) is 17.0 Å². The van der Waals surface area contributed by atoms with Crippen LogP contribution in [0.2, 0.25) is 0 Å². The molecule has 7 nitrogen and oxygen atoms in total. The van der Waals surface area contributed by atoms with Gasteiger partial charge in [0.25, 0.3) is 0 Å². The van der Waals surface area contributed by atoms with Crippen molar-refractivity contribution in [3.05, 3.63) is 30.9 Å². The van der Waals surface area contributed by atoms with Crippen molar-refractivity contribution in [3.8, 4) is 17.2 Å². The summed E-state index contributed by atoms with van der Waals surface area (Å²) in [5, 5.41) is 0. The van der Waals surface area contributed by atoms with E-state index in [1.807, 2.05) is 32.9 Å². The third-order valence-corrected chi connectivity index (χ3v) is 4.33. The number of hydrogen-bond donors (Lipinski definition) is 0. The second-order valence-corrected chi connectivity index (χ2v) is 8.72. The summed E-state index contributed by atoms with van der Waals surface area (Å²) in [7, 11) is 0. The number of ether oxygens (including phenoxy) is 3. The van der Waals surface area contributed by atoms with E-state index in [-0.39, 0.29) is 5.97 Å². The molecule has 2 aromatic rings. The largest absolute Gasteiger partial charge is 0.492 e. The van der Waals surface area contributed by atoms with Crippen molar-refractivity contribution < 1.29 is 23.4 Å². The quantitative estimate of drug-likeness (QED) is 0.346. The minimum absolute atomic E-state index is 0.324. The fourth-order valence-electron chi connectivity index (χ4n) is 2.67. The van der Waals surface area contributed by atoms with Gasteiger partial charge in [-0.05, 0) is 59.6 Å². The average Bonchev–Trinajstić information content (AvgIpc) is 3.20. The molecule has 7 heteroatoms. The van der Waals surface area contributed by atoms with Crippen LogP contribution >= 0.6 is 0 Å². The van der Waals surface area contributed by atoms with Crippen LogP contribution < -0.4 is 4.74 Å². The molecule has 0 unspecified atom stereocenters. The van der Waals surface area contributed by atoms with E-state index >= 15 is 0 Å². The number of nitrogens with zero attached hydrogens (tertiary/aromatic N) is 2. The summed E-state index contributed by atoms with van der Waals surface area (Å²) in [6.07, 6.45) is 9.84. The van der Waals surface area contributed by atoms with Gasteiger partial charge in [0, 0.05) is 6.61 Å². The molecule has 0 atom stereocenters. The zero-order chi connectivity index (χ0) is 22.0. The molecule has 0 aliphatic rings. The van der Waals surface area contributed by atoms with Crippen LogP contribution in [0.25, 0.3) is 11.5 Å². The Morgan fingerprint density at radius 2 is 1.67 bits per heavy atom. The van der Waals surface area contributed by atoms with E-state index in [0.717, 1.165) is 43.5 Å². The van der Waals surface area contributed by atoms with E-state index in [1.165, 1.54) is 6.39 Å². The lowest BCUT2D eigenvalue weighted by Crippen LogP contribution is -2.41. The fraction of sp³-hybridized carbons (Fsp3) is 0.609. The molecule has 0 amide bonds. The number of unbranched alkanes of at least 4 members (excludes halogenated alkanes) is 4. The van der Waals surface area contributed by atoms with E-state index in [2.05, 4.69) is 9.97 Å². The Bertz CT molecular complexity index is 749. The number of carbonyl (C=O) groups excluding carboxylic acids is 1. The highest BCUT2D eigenvalue weighted by Gasteiger charge is 2.33. The Morgan fingerprint density at radius 3 is 2.27 bits per heavy atom. The molecule has 0 saturated carbocycles.